The molecule has 2 heterocycles. The van der Waals surface area contributed by atoms with Gasteiger partial charge in [-0.1, -0.05) is 12.1 Å². The number of ether oxygens (including phenoxy) is 2. The molecular formula is C20H21FN4O2. The molecule has 140 valence electrons. The second kappa shape index (κ2) is 7.44. The minimum absolute atomic E-state index is 0.0716. The molecule has 3 aromatic rings. The Morgan fingerprint density at radius 1 is 1.00 bits per heavy atom. The zero-order valence-electron chi connectivity index (χ0n) is 15.1. The summed E-state index contributed by atoms with van der Waals surface area (Å²) >= 11 is 0. The van der Waals surface area contributed by atoms with Crippen LogP contribution in [0.15, 0.2) is 36.7 Å². The van der Waals surface area contributed by atoms with Crippen molar-refractivity contribution in [2.45, 2.75) is 37.9 Å². The number of nitrogen functional groups attached to an aromatic ring is 1. The van der Waals surface area contributed by atoms with Crippen molar-refractivity contribution in [1.29, 1.82) is 0 Å². The Morgan fingerprint density at radius 3 is 2.41 bits per heavy atom. The molecular weight excluding hydrogens is 347 g/mol. The smallest absolute Gasteiger partial charge is 0.317 e. The van der Waals surface area contributed by atoms with Gasteiger partial charge in [0.2, 0.25) is 0 Å². The van der Waals surface area contributed by atoms with Crippen LogP contribution < -0.4 is 10.5 Å². The fraction of sp³-hybridized carbons (Fsp3) is 0.350. The third-order valence-corrected chi connectivity index (χ3v) is 5.01. The van der Waals surface area contributed by atoms with E-state index >= 15 is 0 Å². The summed E-state index contributed by atoms with van der Waals surface area (Å²) in [6, 6.07) is 6.51. The van der Waals surface area contributed by atoms with E-state index in [9.17, 15) is 4.39 Å². The van der Waals surface area contributed by atoms with Crippen molar-refractivity contribution < 1.29 is 13.9 Å². The number of halogens is 1. The van der Waals surface area contributed by atoms with Crippen molar-refractivity contribution >= 4 is 16.7 Å². The Labute approximate surface area is 156 Å². The van der Waals surface area contributed by atoms with E-state index in [1.807, 2.05) is 0 Å². The summed E-state index contributed by atoms with van der Waals surface area (Å²) in [5, 5.41) is 0.646. The first-order valence-corrected chi connectivity index (χ1v) is 9.00. The van der Waals surface area contributed by atoms with Crippen LogP contribution in [0.25, 0.3) is 22.0 Å². The summed E-state index contributed by atoms with van der Waals surface area (Å²) in [5.41, 5.74) is 8.19. The van der Waals surface area contributed by atoms with Crippen molar-refractivity contribution in [2.75, 3.05) is 12.8 Å². The molecule has 1 fully saturated rings. The van der Waals surface area contributed by atoms with Crippen LogP contribution >= 0.6 is 0 Å². The van der Waals surface area contributed by atoms with Crippen molar-refractivity contribution in [2.24, 2.45) is 0 Å². The largest absolute Gasteiger partial charge is 0.460 e. The van der Waals surface area contributed by atoms with Crippen LogP contribution in [0, 0.1) is 5.82 Å². The van der Waals surface area contributed by atoms with Gasteiger partial charge < -0.3 is 15.2 Å². The Hall–Kier alpha value is -2.80. The lowest BCUT2D eigenvalue weighted by atomic mass is 9.95. The molecule has 0 saturated heterocycles. The van der Waals surface area contributed by atoms with E-state index in [1.165, 1.54) is 12.1 Å². The summed E-state index contributed by atoms with van der Waals surface area (Å²) in [7, 11) is 1.74. The van der Waals surface area contributed by atoms with E-state index in [2.05, 4.69) is 15.0 Å². The molecule has 0 radical (unpaired) electrons. The molecule has 27 heavy (non-hydrogen) atoms. The predicted octanol–water partition coefficient (Wildman–Crippen LogP) is 3.75. The Balaban J connectivity index is 1.66. The number of hydrogen-bond acceptors (Lipinski definition) is 6. The van der Waals surface area contributed by atoms with Gasteiger partial charge in [0, 0.05) is 25.1 Å². The number of nitrogens with zero attached hydrogens (tertiary/aromatic N) is 3. The molecule has 2 aromatic heterocycles. The lowest BCUT2D eigenvalue weighted by Gasteiger charge is -2.27. The molecule has 6 nitrogen and oxygen atoms in total. The Bertz CT molecular complexity index is 941. The van der Waals surface area contributed by atoms with Crippen LogP contribution in [0.4, 0.5) is 10.2 Å². The average molecular weight is 368 g/mol. The highest BCUT2D eigenvalue weighted by Gasteiger charge is 2.23. The Morgan fingerprint density at radius 2 is 1.70 bits per heavy atom. The van der Waals surface area contributed by atoms with Gasteiger partial charge in [-0.15, -0.1) is 0 Å². The van der Waals surface area contributed by atoms with Gasteiger partial charge in [-0.2, -0.15) is 4.98 Å². The quantitative estimate of drug-likeness (QED) is 0.755. The van der Waals surface area contributed by atoms with E-state index in [4.69, 9.17) is 15.2 Å². The van der Waals surface area contributed by atoms with Gasteiger partial charge in [0.15, 0.2) is 0 Å². The molecule has 0 atom stereocenters. The number of fused-ring (bicyclic) bond motifs is 1. The minimum Gasteiger partial charge on any atom is -0.460 e. The van der Waals surface area contributed by atoms with E-state index in [0.717, 1.165) is 36.8 Å². The van der Waals surface area contributed by atoms with Crippen LogP contribution in [0.3, 0.4) is 0 Å². The maximum atomic E-state index is 13.3. The lowest BCUT2D eigenvalue weighted by molar-refractivity contribution is 0.0301. The van der Waals surface area contributed by atoms with Gasteiger partial charge in [0.05, 0.1) is 17.0 Å². The van der Waals surface area contributed by atoms with Gasteiger partial charge in [0.25, 0.3) is 0 Å². The second-order valence-electron chi connectivity index (χ2n) is 6.73. The highest BCUT2D eigenvalue weighted by Crippen LogP contribution is 2.31. The first-order valence-electron chi connectivity index (χ1n) is 9.00. The normalized spacial score (nSPS) is 19.9. The molecule has 0 unspecified atom stereocenters. The average Bonchev–Trinajstić information content (AvgIpc) is 2.70. The summed E-state index contributed by atoms with van der Waals surface area (Å²) in [6.07, 6.45) is 7.39. The first kappa shape index (κ1) is 17.6. The maximum Gasteiger partial charge on any atom is 0.317 e. The molecule has 1 aliphatic carbocycles. The third kappa shape index (κ3) is 3.68. The standard InChI is InChI=1S/C20H21FN4O2/c1-26-14-6-8-15(9-7-14)27-20-24-11-17-18(25-20)16(10-23-19(17)22)12-2-4-13(21)5-3-12/h2-5,10-11,14-15H,6-9H2,1H3,(H2,22,23). The van der Waals surface area contributed by atoms with Crippen LogP contribution in [0.2, 0.25) is 0 Å². The number of nitrogens with two attached hydrogens (primary N) is 1. The SMILES string of the molecule is COC1CCC(Oc2ncc3c(N)ncc(-c4ccc(F)cc4)c3n2)CC1. The molecule has 0 aliphatic heterocycles. The third-order valence-electron chi connectivity index (χ3n) is 5.01. The monoisotopic (exact) mass is 368 g/mol. The van der Waals surface area contributed by atoms with E-state index in [-0.39, 0.29) is 11.9 Å². The van der Waals surface area contributed by atoms with Gasteiger partial charge >= 0.3 is 6.01 Å². The zero-order valence-corrected chi connectivity index (χ0v) is 15.1. The van der Waals surface area contributed by atoms with E-state index < -0.39 is 0 Å². The molecule has 1 aromatic carbocycles. The molecule has 0 bridgehead atoms. The molecule has 1 aliphatic rings. The molecule has 0 amide bonds. The van der Waals surface area contributed by atoms with E-state index in [0.29, 0.717) is 28.8 Å². The first-order chi connectivity index (χ1) is 13.1. The van der Waals surface area contributed by atoms with Gasteiger partial charge in [-0.25, -0.2) is 14.4 Å². The summed E-state index contributed by atoms with van der Waals surface area (Å²) in [6.45, 7) is 0. The number of aromatic nitrogens is 3. The van der Waals surface area contributed by atoms with Crippen LogP contribution in [-0.4, -0.2) is 34.3 Å². The van der Waals surface area contributed by atoms with Crippen LogP contribution in [0.5, 0.6) is 6.01 Å². The van der Waals surface area contributed by atoms with Gasteiger partial charge in [-0.05, 0) is 43.4 Å². The topological polar surface area (TPSA) is 83.2 Å². The number of pyridine rings is 1. The lowest BCUT2D eigenvalue weighted by Crippen LogP contribution is -2.28. The van der Waals surface area contributed by atoms with E-state index in [1.54, 1.807) is 31.6 Å². The number of anilines is 1. The fourth-order valence-electron chi connectivity index (χ4n) is 3.46. The molecule has 0 spiro atoms. The minimum atomic E-state index is -0.295. The summed E-state index contributed by atoms with van der Waals surface area (Å²) < 4.78 is 24.7. The molecule has 4 rings (SSSR count). The number of benzene rings is 1. The number of methoxy groups -OCH3 is 1. The number of hydrogen-bond donors (Lipinski definition) is 1. The highest BCUT2D eigenvalue weighted by atomic mass is 19.1. The van der Waals surface area contributed by atoms with Crippen molar-refractivity contribution in [1.82, 2.24) is 15.0 Å². The Kier molecular flexibility index (Phi) is 4.85. The van der Waals surface area contributed by atoms with Gasteiger partial charge in [0.1, 0.15) is 17.7 Å². The molecule has 2 N–H and O–H groups in total. The van der Waals surface area contributed by atoms with Gasteiger partial charge in [-0.3, -0.25) is 0 Å². The number of rotatable bonds is 4. The highest BCUT2D eigenvalue weighted by molar-refractivity contribution is 5.98. The second-order valence-corrected chi connectivity index (χ2v) is 6.73. The van der Waals surface area contributed by atoms with Crippen molar-refractivity contribution in [3.63, 3.8) is 0 Å². The molecule has 7 heteroatoms. The summed E-state index contributed by atoms with van der Waals surface area (Å²) in [4.78, 5) is 13.1. The van der Waals surface area contributed by atoms with Crippen LogP contribution in [0.1, 0.15) is 25.7 Å². The summed E-state index contributed by atoms with van der Waals surface area (Å²) in [5.74, 6) is 0.0554. The van der Waals surface area contributed by atoms with Crippen molar-refractivity contribution in [3.05, 3.63) is 42.5 Å². The maximum absolute atomic E-state index is 13.3. The molecule has 1 saturated carbocycles. The fourth-order valence-corrected chi connectivity index (χ4v) is 3.46. The van der Waals surface area contributed by atoms with Crippen LogP contribution in [-0.2, 0) is 4.74 Å². The zero-order chi connectivity index (χ0) is 18.8. The van der Waals surface area contributed by atoms with Crippen molar-refractivity contribution in [3.8, 4) is 17.1 Å². The predicted molar refractivity (Wildman–Crippen MR) is 101 cm³/mol.